The maximum atomic E-state index is 12.9. The van der Waals surface area contributed by atoms with Gasteiger partial charge < -0.3 is 15.0 Å². The van der Waals surface area contributed by atoms with Gasteiger partial charge in [-0.15, -0.1) is 0 Å². The lowest BCUT2D eigenvalue weighted by atomic mass is 10.1. The molecule has 1 aromatic carbocycles. The van der Waals surface area contributed by atoms with E-state index in [1.54, 1.807) is 29.2 Å². The molecule has 0 amide bonds. The van der Waals surface area contributed by atoms with Crippen LogP contribution in [0.15, 0.2) is 24.3 Å². The van der Waals surface area contributed by atoms with E-state index in [1.165, 1.54) is 0 Å². The smallest absolute Gasteiger partial charge is 0.434 e. The van der Waals surface area contributed by atoms with Crippen LogP contribution in [0.2, 0.25) is 0 Å². The summed E-state index contributed by atoms with van der Waals surface area (Å²) in [7, 11) is 0. The number of nitrogens with zero attached hydrogens (tertiary/aromatic N) is 4. The van der Waals surface area contributed by atoms with Gasteiger partial charge in [0, 0.05) is 18.8 Å². The standard InChI is InChI=1S/C18H19F6N5O/c1-11-5-7-12(8-6-11)25-14-26-15(29-9-3-2-4-10-29)28-16(27-14)30-13(17(19,20)21)18(22,23)24/h5-8,13H,2-4,9-10H2,1H3,(H,25,26,27,28). The summed E-state index contributed by atoms with van der Waals surface area (Å²) in [4.78, 5) is 13.2. The molecule has 2 aromatic rings. The number of hydrogen-bond acceptors (Lipinski definition) is 6. The molecule has 0 bridgehead atoms. The van der Waals surface area contributed by atoms with Gasteiger partial charge in [-0.25, -0.2) is 0 Å². The summed E-state index contributed by atoms with van der Waals surface area (Å²) in [5.74, 6) is -0.259. The minimum Gasteiger partial charge on any atom is -0.440 e. The lowest BCUT2D eigenvalue weighted by molar-refractivity contribution is -0.301. The molecule has 164 valence electrons. The van der Waals surface area contributed by atoms with Crippen LogP contribution in [0.3, 0.4) is 0 Å². The van der Waals surface area contributed by atoms with Crippen molar-refractivity contribution in [2.75, 3.05) is 23.3 Å². The molecule has 1 saturated heterocycles. The zero-order valence-corrected chi connectivity index (χ0v) is 15.9. The van der Waals surface area contributed by atoms with E-state index < -0.39 is 24.5 Å². The molecule has 1 fully saturated rings. The lowest BCUT2D eigenvalue weighted by Gasteiger charge is -2.27. The van der Waals surface area contributed by atoms with Crippen molar-refractivity contribution in [3.05, 3.63) is 29.8 Å². The molecule has 3 rings (SSSR count). The number of alkyl halides is 6. The van der Waals surface area contributed by atoms with E-state index in [9.17, 15) is 26.3 Å². The summed E-state index contributed by atoms with van der Waals surface area (Å²) in [6.45, 7) is 2.91. The van der Waals surface area contributed by atoms with E-state index >= 15 is 0 Å². The van der Waals surface area contributed by atoms with Gasteiger partial charge in [-0.2, -0.15) is 41.3 Å². The summed E-state index contributed by atoms with van der Waals surface area (Å²) in [6.07, 6.45) is -12.8. The Morgan fingerprint density at radius 2 is 1.50 bits per heavy atom. The van der Waals surface area contributed by atoms with Gasteiger partial charge in [0.1, 0.15) is 0 Å². The van der Waals surface area contributed by atoms with Crippen molar-refractivity contribution in [3.8, 4) is 6.01 Å². The molecular weight excluding hydrogens is 416 g/mol. The van der Waals surface area contributed by atoms with Crippen molar-refractivity contribution < 1.29 is 31.1 Å². The number of ether oxygens (including phenoxy) is 1. The monoisotopic (exact) mass is 435 g/mol. The van der Waals surface area contributed by atoms with Crippen LogP contribution < -0.4 is 15.0 Å². The van der Waals surface area contributed by atoms with Crippen LogP contribution in [0.5, 0.6) is 6.01 Å². The first-order valence-electron chi connectivity index (χ1n) is 9.17. The van der Waals surface area contributed by atoms with Gasteiger partial charge in [-0.1, -0.05) is 17.7 Å². The molecule has 0 spiro atoms. The van der Waals surface area contributed by atoms with Crippen LogP contribution >= 0.6 is 0 Å². The minimum absolute atomic E-state index is 0.0441. The second-order valence-electron chi connectivity index (χ2n) is 6.86. The molecule has 0 aliphatic carbocycles. The largest absolute Gasteiger partial charge is 0.440 e. The van der Waals surface area contributed by atoms with E-state index in [0.717, 1.165) is 24.8 Å². The van der Waals surface area contributed by atoms with E-state index in [4.69, 9.17) is 0 Å². The summed E-state index contributed by atoms with van der Waals surface area (Å²) in [5.41, 5.74) is 1.47. The van der Waals surface area contributed by atoms with E-state index in [2.05, 4.69) is 25.0 Å². The number of halogens is 6. The summed E-state index contributed by atoms with van der Waals surface area (Å²) < 4.78 is 81.6. The van der Waals surface area contributed by atoms with Crippen molar-refractivity contribution in [2.45, 2.75) is 44.6 Å². The highest BCUT2D eigenvalue weighted by Gasteiger charge is 2.59. The quantitative estimate of drug-likeness (QED) is 0.682. The average Bonchev–Trinajstić information content (AvgIpc) is 2.67. The molecule has 0 radical (unpaired) electrons. The molecule has 6 nitrogen and oxygen atoms in total. The van der Waals surface area contributed by atoms with Crippen LogP contribution in [0.1, 0.15) is 24.8 Å². The average molecular weight is 435 g/mol. The number of rotatable bonds is 5. The predicted octanol–water partition coefficient (Wildman–Crippen LogP) is 4.79. The number of hydrogen-bond donors (Lipinski definition) is 1. The molecule has 0 atom stereocenters. The Morgan fingerprint density at radius 1 is 0.900 bits per heavy atom. The van der Waals surface area contributed by atoms with Crippen LogP contribution in [-0.2, 0) is 0 Å². The van der Waals surface area contributed by atoms with E-state index in [1.807, 2.05) is 6.92 Å². The van der Waals surface area contributed by atoms with Crippen molar-refractivity contribution in [2.24, 2.45) is 0 Å². The fraction of sp³-hybridized carbons (Fsp3) is 0.500. The maximum absolute atomic E-state index is 12.9. The highest BCUT2D eigenvalue weighted by Crippen LogP contribution is 2.36. The number of piperidine rings is 1. The highest BCUT2D eigenvalue weighted by molar-refractivity contribution is 5.55. The molecule has 1 aliphatic rings. The zero-order chi connectivity index (χ0) is 21.9. The Labute approximate surface area is 168 Å². The second kappa shape index (κ2) is 8.52. The summed E-state index contributed by atoms with van der Waals surface area (Å²) >= 11 is 0. The van der Waals surface area contributed by atoms with Crippen molar-refractivity contribution in [3.63, 3.8) is 0 Å². The SMILES string of the molecule is Cc1ccc(Nc2nc(OC(C(F)(F)F)C(F)(F)F)nc(N3CCCCC3)n2)cc1. The van der Waals surface area contributed by atoms with Crippen molar-refractivity contribution >= 4 is 17.6 Å². The molecule has 12 heteroatoms. The highest BCUT2D eigenvalue weighted by atomic mass is 19.4. The molecule has 0 saturated carbocycles. The number of anilines is 3. The molecule has 1 N–H and O–H groups in total. The third-order valence-electron chi connectivity index (χ3n) is 4.37. The van der Waals surface area contributed by atoms with Crippen LogP contribution in [0, 0.1) is 6.92 Å². The number of benzene rings is 1. The van der Waals surface area contributed by atoms with Gasteiger partial charge in [-0.05, 0) is 38.3 Å². The van der Waals surface area contributed by atoms with Gasteiger partial charge in [0.15, 0.2) is 0 Å². The third kappa shape index (κ3) is 5.63. The minimum atomic E-state index is -5.68. The van der Waals surface area contributed by atoms with E-state index in [0.29, 0.717) is 18.8 Å². The summed E-state index contributed by atoms with van der Waals surface area (Å²) in [5, 5.41) is 2.77. The Hall–Kier alpha value is -2.79. The molecule has 2 heterocycles. The van der Waals surface area contributed by atoms with E-state index in [-0.39, 0.29) is 11.9 Å². The topological polar surface area (TPSA) is 63.2 Å². The van der Waals surface area contributed by atoms with Gasteiger partial charge in [0.25, 0.3) is 6.10 Å². The van der Waals surface area contributed by atoms with Crippen LogP contribution in [0.25, 0.3) is 0 Å². The van der Waals surface area contributed by atoms with Crippen LogP contribution in [0.4, 0.5) is 43.9 Å². The Balaban J connectivity index is 1.95. The van der Waals surface area contributed by atoms with Gasteiger partial charge >= 0.3 is 18.4 Å². The van der Waals surface area contributed by atoms with Gasteiger partial charge in [-0.3, -0.25) is 0 Å². The number of aryl methyl sites for hydroxylation is 1. The Morgan fingerprint density at radius 3 is 2.07 bits per heavy atom. The predicted molar refractivity (Wildman–Crippen MR) is 96.9 cm³/mol. The fourth-order valence-electron chi connectivity index (χ4n) is 2.88. The van der Waals surface area contributed by atoms with Gasteiger partial charge in [0.05, 0.1) is 0 Å². The first kappa shape index (κ1) is 21.9. The number of nitrogens with one attached hydrogen (secondary N) is 1. The molecule has 1 aliphatic heterocycles. The zero-order valence-electron chi connectivity index (χ0n) is 15.9. The molecular formula is C18H19F6N5O. The molecule has 30 heavy (non-hydrogen) atoms. The third-order valence-corrected chi connectivity index (χ3v) is 4.37. The van der Waals surface area contributed by atoms with Crippen molar-refractivity contribution in [1.82, 2.24) is 15.0 Å². The maximum Gasteiger partial charge on any atom is 0.434 e. The summed E-state index contributed by atoms with van der Waals surface area (Å²) in [6, 6.07) is 5.84. The van der Waals surface area contributed by atoms with Gasteiger partial charge in [0.2, 0.25) is 11.9 Å². The molecule has 1 aromatic heterocycles. The second-order valence-corrected chi connectivity index (χ2v) is 6.86. The first-order valence-corrected chi connectivity index (χ1v) is 9.17. The molecule has 0 unspecified atom stereocenters. The van der Waals surface area contributed by atoms with Crippen molar-refractivity contribution in [1.29, 1.82) is 0 Å². The number of aromatic nitrogens is 3. The lowest BCUT2D eigenvalue weighted by Crippen LogP contribution is -2.47. The Bertz CT molecular complexity index is 836. The fourth-order valence-corrected chi connectivity index (χ4v) is 2.88. The first-order chi connectivity index (χ1) is 14.0. The Kier molecular flexibility index (Phi) is 6.22. The normalized spacial score (nSPS) is 15.4. The van der Waals surface area contributed by atoms with Crippen LogP contribution in [-0.4, -0.2) is 46.5 Å².